The minimum Gasteiger partial charge on any atom is -0.507 e. The molecule has 42 heavy (non-hydrogen) atoms. The third-order valence-corrected chi connectivity index (χ3v) is 9.07. The number of alkyl halides is 2. The lowest BCUT2D eigenvalue weighted by Gasteiger charge is -2.17. The molecule has 0 spiro atoms. The summed E-state index contributed by atoms with van der Waals surface area (Å²) in [6.07, 6.45) is 3.28. The Labute approximate surface area is 258 Å². The van der Waals surface area contributed by atoms with E-state index >= 15 is 0 Å². The number of aldehydes is 1. The molecule has 6 nitrogen and oxygen atoms in total. The van der Waals surface area contributed by atoms with Gasteiger partial charge in [-0.3, -0.25) is 9.59 Å². The molecule has 0 fully saturated rings. The molecule has 5 aromatic rings. The summed E-state index contributed by atoms with van der Waals surface area (Å²) in [5.74, 6) is 0.730. The number of anilines is 2. The van der Waals surface area contributed by atoms with Crippen molar-refractivity contribution in [3.05, 3.63) is 93.7 Å². The summed E-state index contributed by atoms with van der Waals surface area (Å²) in [4.78, 5) is 28.2. The van der Waals surface area contributed by atoms with Gasteiger partial charge >= 0.3 is 0 Å². The van der Waals surface area contributed by atoms with Crippen LogP contribution in [0.25, 0.3) is 21.5 Å². The number of carbonyl (C=O) groups is 2. The summed E-state index contributed by atoms with van der Waals surface area (Å²) < 4.78 is 0. The molecule has 1 amide bonds. The minimum atomic E-state index is -0.179. The fourth-order valence-corrected chi connectivity index (χ4v) is 6.86. The number of carbonyl (C=O) groups excluding carboxylic acids is 2. The van der Waals surface area contributed by atoms with Gasteiger partial charge in [0, 0.05) is 77.9 Å². The third kappa shape index (κ3) is 5.28. The Kier molecular flexibility index (Phi) is 8.92. The lowest BCUT2D eigenvalue weighted by molar-refractivity contribution is 0.0992. The van der Waals surface area contributed by atoms with Gasteiger partial charge in [0.25, 0.3) is 5.91 Å². The van der Waals surface area contributed by atoms with Crippen LogP contribution in [0.4, 0.5) is 11.4 Å². The zero-order valence-electron chi connectivity index (χ0n) is 23.2. The number of rotatable bonds is 3. The number of benzene rings is 4. The van der Waals surface area contributed by atoms with Crippen molar-refractivity contribution in [2.24, 2.45) is 0 Å². The maximum absolute atomic E-state index is 12.9. The number of phenolic OH excluding ortho intramolecular Hbond substituents is 2. The Morgan fingerprint density at radius 2 is 1.55 bits per heavy atom. The molecule has 0 bridgehead atoms. The van der Waals surface area contributed by atoms with Gasteiger partial charge in [-0.1, -0.05) is 48.5 Å². The monoisotopic (exact) mass is 620 g/mol. The van der Waals surface area contributed by atoms with E-state index in [0.717, 1.165) is 41.0 Å². The first-order valence-electron chi connectivity index (χ1n) is 13.4. The van der Waals surface area contributed by atoms with Gasteiger partial charge in [0.2, 0.25) is 0 Å². The van der Waals surface area contributed by atoms with Crippen molar-refractivity contribution in [3.8, 4) is 11.5 Å². The molecule has 0 saturated carbocycles. The second-order valence-corrected chi connectivity index (χ2v) is 11.3. The molecule has 9 heteroatoms. The summed E-state index contributed by atoms with van der Waals surface area (Å²) in [5.41, 5.74) is 4.71. The molecule has 2 N–H and O–H groups in total. The van der Waals surface area contributed by atoms with Crippen LogP contribution in [0.3, 0.4) is 0 Å². The first-order valence-corrected chi connectivity index (χ1v) is 15.6. The number of phenols is 2. The summed E-state index contributed by atoms with van der Waals surface area (Å²) >= 11 is 12.1. The Morgan fingerprint density at radius 3 is 2.17 bits per heavy atom. The summed E-state index contributed by atoms with van der Waals surface area (Å²) in [5, 5.41) is 25.8. The summed E-state index contributed by atoms with van der Waals surface area (Å²) in [6.45, 7) is 1.50. The molecule has 4 aromatic carbocycles. The highest BCUT2D eigenvalue weighted by molar-refractivity contribution is 7.12. The summed E-state index contributed by atoms with van der Waals surface area (Å²) in [6, 6.07) is 20.7. The molecule has 1 unspecified atom stereocenters. The van der Waals surface area contributed by atoms with E-state index in [4.69, 9.17) is 11.6 Å². The van der Waals surface area contributed by atoms with Crippen molar-refractivity contribution < 1.29 is 19.8 Å². The molecule has 0 aliphatic carbocycles. The highest BCUT2D eigenvalue weighted by Gasteiger charge is 2.35. The second-order valence-electron chi connectivity index (χ2n) is 10.1. The topological polar surface area (TPSA) is 81.1 Å². The van der Waals surface area contributed by atoms with Gasteiger partial charge in [-0.05, 0) is 34.4 Å². The second kappa shape index (κ2) is 12.6. The zero-order valence-corrected chi connectivity index (χ0v) is 25.5. The van der Waals surface area contributed by atoms with Crippen LogP contribution in [-0.4, -0.2) is 54.8 Å². The van der Waals surface area contributed by atoms with Gasteiger partial charge in [-0.15, -0.1) is 34.5 Å². The molecule has 2 aliphatic rings. The van der Waals surface area contributed by atoms with Gasteiger partial charge < -0.3 is 20.0 Å². The molecule has 0 saturated heterocycles. The third-order valence-electron chi connectivity index (χ3n) is 7.76. The number of amides is 1. The predicted octanol–water partition coefficient (Wildman–Crippen LogP) is 7.79. The van der Waals surface area contributed by atoms with Crippen molar-refractivity contribution in [1.29, 1.82) is 0 Å². The maximum atomic E-state index is 12.9. The molecule has 3 heterocycles. The minimum absolute atomic E-state index is 0.00313. The van der Waals surface area contributed by atoms with E-state index in [1.165, 1.54) is 34.4 Å². The standard InChI is InChI=1S/C19H14ClNO3S.C13H13NO.CH3Cl/c20-7-12-8-21(19(24)17-5-11(9-22)10-25-17)15-6-16(23)13-3-1-2-4-14(13)18(12)15;1-14-7-6-10-9-4-2-3-5-11(9)13(15)8-12(10)14;1-2/h1-6,9-10,12,23H,7-8H2;2-5,8,15H,6-7H2,1H3;1H3. The van der Waals surface area contributed by atoms with E-state index < -0.39 is 0 Å². The quantitative estimate of drug-likeness (QED) is 0.159. The first kappa shape index (κ1) is 29.7. The normalized spacial score (nSPS) is 15.0. The SMILES string of the molecule is CCl.CN1CCc2c1cc(O)c1ccccc21.O=Cc1csc(C(=O)N2CC(CCl)c3c2cc(O)c2ccccc32)c1. The van der Waals surface area contributed by atoms with Crippen LogP contribution < -0.4 is 9.80 Å². The van der Waals surface area contributed by atoms with E-state index in [-0.39, 0.29) is 17.6 Å². The Hall–Kier alpha value is -3.78. The van der Waals surface area contributed by atoms with E-state index in [9.17, 15) is 19.8 Å². The van der Waals surface area contributed by atoms with E-state index in [2.05, 4.69) is 29.6 Å². The van der Waals surface area contributed by atoms with Crippen LogP contribution in [0.15, 0.2) is 72.1 Å². The molecule has 2 aliphatic heterocycles. The van der Waals surface area contributed by atoms with Crippen LogP contribution in [0.2, 0.25) is 0 Å². The predicted molar refractivity (Wildman–Crippen MR) is 175 cm³/mol. The maximum Gasteiger partial charge on any atom is 0.268 e. The van der Waals surface area contributed by atoms with E-state index in [1.54, 1.807) is 22.4 Å². The summed E-state index contributed by atoms with van der Waals surface area (Å²) in [7, 11) is 2.07. The number of nitrogens with zero attached hydrogens (tertiary/aromatic N) is 2. The van der Waals surface area contributed by atoms with Gasteiger partial charge in [0.05, 0.1) is 10.6 Å². The largest absolute Gasteiger partial charge is 0.507 e. The number of likely N-dealkylation sites (N-methyl/N-ethyl adjacent to an activating group) is 1. The number of thiophene rings is 1. The Balaban J connectivity index is 0.000000176. The molecular weight excluding hydrogens is 591 g/mol. The van der Waals surface area contributed by atoms with Crippen LogP contribution in [0.5, 0.6) is 11.5 Å². The average Bonchev–Trinajstić information content (AvgIpc) is 3.76. The van der Waals surface area contributed by atoms with Crippen molar-refractivity contribution >= 4 is 79.7 Å². The fraction of sp³-hybridized carbons (Fsp3) is 0.212. The average molecular weight is 622 g/mol. The smallest absolute Gasteiger partial charge is 0.268 e. The molecule has 1 aromatic heterocycles. The molecule has 1 atom stereocenters. The number of halogens is 2. The fourth-order valence-electron chi connectivity index (χ4n) is 5.81. The van der Waals surface area contributed by atoms with Crippen LogP contribution in [0, 0.1) is 0 Å². The zero-order chi connectivity index (χ0) is 30.0. The van der Waals surface area contributed by atoms with Crippen LogP contribution >= 0.6 is 34.5 Å². The highest BCUT2D eigenvalue weighted by atomic mass is 35.5. The van der Waals surface area contributed by atoms with Gasteiger partial charge in [0.15, 0.2) is 6.29 Å². The lowest BCUT2D eigenvalue weighted by Crippen LogP contribution is -2.29. The van der Waals surface area contributed by atoms with Crippen molar-refractivity contribution in [1.82, 2.24) is 0 Å². The molecule has 0 radical (unpaired) electrons. The van der Waals surface area contributed by atoms with Gasteiger partial charge in [0.1, 0.15) is 11.5 Å². The van der Waals surface area contributed by atoms with Gasteiger partial charge in [-0.2, -0.15) is 0 Å². The Morgan fingerprint density at radius 1 is 0.952 bits per heavy atom. The first-order chi connectivity index (χ1) is 20.4. The number of hydrogen-bond acceptors (Lipinski definition) is 6. The number of hydrogen-bond donors (Lipinski definition) is 2. The van der Waals surface area contributed by atoms with Crippen molar-refractivity contribution in [3.63, 3.8) is 0 Å². The van der Waals surface area contributed by atoms with E-state index in [0.29, 0.717) is 34.3 Å². The highest BCUT2D eigenvalue weighted by Crippen LogP contribution is 2.46. The number of fused-ring (bicyclic) bond motifs is 6. The molecular formula is C33H30Cl2N2O4S. The molecule has 216 valence electrons. The van der Waals surface area contributed by atoms with E-state index in [1.807, 2.05) is 48.5 Å². The lowest BCUT2D eigenvalue weighted by atomic mass is 9.95. The van der Waals surface area contributed by atoms with Gasteiger partial charge in [-0.25, -0.2) is 0 Å². The van der Waals surface area contributed by atoms with Crippen molar-refractivity contribution in [2.75, 3.05) is 42.2 Å². The van der Waals surface area contributed by atoms with Crippen molar-refractivity contribution in [2.45, 2.75) is 12.3 Å². The number of aromatic hydroxyl groups is 2. The Bertz CT molecular complexity index is 1790. The van der Waals surface area contributed by atoms with Crippen LogP contribution in [0.1, 0.15) is 37.1 Å². The molecule has 7 rings (SSSR count). The van der Waals surface area contributed by atoms with Crippen LogP contribution in [-0.2, 0) is 6.42 Å².